The molecule has 0 radical (unpaired) electrons. The molecule has 0 bridgehead atoms. The molecule has 2 rings (SSSR count). The standard InChI is InChI=1S/C19H27N3O3/c1-5-24-13-14-9-6-7-10-15(14)20-16(23)11-8-12-17-21-18(22-25-17)19(2,3)4/h6-7,9-10H,5,8,11-13H2,1-4H3,(H,20,23). The summed E-state index contributed by atoms with van der Waals surface area (Å²) in [5.74, 6) is 1.24. The van der Waals surface area contributed by atoms with Gasteiger partial charge in [0.15, 0.2) is 5.82 Å². The highest BCUT2D eigenvalue weighted by atomic mass is 16.5. The quantitative estimate of drug-likeness (QED) is 0.786. The van der Waals surface area contributed by atoms with Gasteiger partial charge in [0.05, 0.1) is 6.61 Å². The number of ether oxygens (including phenoxy) is 1. The van der Waals surface area contributed by atoms with Gasteiger partial charge in [0.1, 0.15) is 0 Å². The van der Waals surface area contributed by atoms with Crippen LogP contribution in [0.1, 0.15) is 57.8 Å². The van der Waals surface area contributed by atoms with Crippen molar-refractivity contribution in [1.29, 1.82) is 0 Å². The Hall–Kier alpha value is -2.21. The van der Waals surface area contributed by atoms with Crippen molar-refractivity contribution in [3.63, 3.8) is 0 Å². The Kier molecular flexibility index (Phi) is 6.70. The Morgan fingerprint density at radius 3 is 2.72 bits per heavy atom. The molecule has 1 aromatic heterocycles. The van der Waals surface area contributed by atoms with Gasteiger partial charge < -0.3 is 14.6 Å². The number of nitrogens with one attached hydrogen (secondary N) is 1. The van der Waals surface area contributed by atoms with Crippen LogP contribution in [0.15, 0.2) is 28.8 Å². The van der Waals surface area contributed by atoms with Gasteiger partial charge in [0, 0.05) is 36.1 Å². The van der Waals surface area contributed by atoms with E-state index in [1.54, 1.807) is 0 Å². The number of amides is 1. The molecule has 136 valence electrons. The lowest BCUT2D eigenvalue weighted by Gasteiger charge is -2.11. The molecule has 0 fully saturated rings. The average Bonchev–Trinajstić information content (AvgIpc) is 3.03. The molecule has 6 nitrogen and oxygen atoms in total. The third-order valence-corrected chi connectivity index (χ3v) is 3.69. The number of aryl methyl sites for hydroxylation is 1. The maximum absolute atomic E-state index is 12.2. The van der Waals surface area contributed by atoms with Gasteiger partial charge in [-0.05, 0) is 19.4 Å². The molecule has 0 spiro atoms. The topological polar surface area (TPSA) is 77.2 Å². The summed E-state index contributed by atoms with van der Waals surface area (Å²) in [5, 5.41) is 6.94. The van der Waals surface area contributed by atoms with Gasteiger partial charge >= 0.3 is 0 Å². The Morgan fingerprint density at radius 1 is 1.28 bits per heavy atom. The van der Waals surface area contributed by atoms with E-state index >= 15 is 0 Å². The molecule has 2 aromatic rings. The third-order valence-electron chi connectivity index (χ3n) is 3.69. The number of anilines is 1. The van der Waals surface area contributed by atoms with Gasteiger partial charge in [-0.25, -0.2) is 0 Å². The summed E-state index contributed by atoms with van der Waals surface area (Å²) < 4.78 is 10.7. The zero-order valence-electron chi connectivity index (χ0n) is 15.5. The first kappa shape index (κ1) is 19.1. The zero-order chi connectivity index (χ0) is 18.3. The number of carbonyl (C=O) groups is 1. The van der Waals surface area contributed by atoms with E-state index in [2.05, 4.69) is 15.5 Å². The molecule has 0 aliphatic carbocycles. The van der Waals surface area contributed by atoms with E-state index in [1.807, 2.05) is 52.0 Å². The van der Waals surface area contributed by atoms with E-state index in [4.69, 9.17) is 9.26 Å². The predicted octanol–water partition coefficient (Wildman–Crippen LogP) is 3.87. The summed E-state index contributed by atoms with van der Waals surface area (Å²) in [4.78, 5) is 16.6. The smallest absolute Gasteiger partial charge is 0.226 e. The molecule has 1 aromatic carbocycles. The first-order valence-corrected chi connectivity index (χ1v) is 8.68. The average molecular weight is 345 g/mol. The number of hydrogen-bond donors (Lipinski definition) is 1. The Bertz CT molecular complexity index is 689. The molecule has 1 heterocycles. The van der Waals surface area contributed by atoms with Crippen molar-refractivity contribution in [2.45, 2.75) is 59.0 Å². The number of para-hydroxylation sites is 1. The fraction of sp³-hybridized carbons (Fsp3) is 0.526. The lowest BCUT2D eigenvalue weighted by atomic mass is 9.96. The second-order valence-electron chi connectivity index (χ2n) is 6.96. The molecule has 0 unspecified atom stereocenters. The molecule has 6 heteroatoms. The number of hydrogen-bond acceptors (Lipinski definition) is 5. The van der Waals surface area contributed by atoms with Crippen molar-refractivity contribution in [3.05, 3.63) is 41.5 Å². The van der Waals surface area contributed by atoms with Gasteiger partial charge in [-0.2, -0.15) is 4.98 Å². The fourth-order valence-electron chi connectivity index (χ4n) is 2.25. The second-order valence-corrected chi connectivity index (χ2v) is 6.96. The fourth-order valence-corrected chi connectivity index (χ4v) is 2.25. The maximum Gasteiger partial charge on any atom is 0.226 e. The van der Waals surface area contributed by atoms with E-state index in [0.717, 1.165) is 11.3 Å². The van der Waals surface area contributed by atoms with E-state index in [0.29, 0.717) is 44.2 Å². The number of carbonyl (C=O) groups excluding carboxylic acids is 1. The van der Waals surface area contributed by atoms with Crippen LogP contribution in [-0.4, -0.2) is 22.7 Å². The summed E-state index contributed by atoms with van der Waals surface area (Å²) in [6.07, 6.45) is 1.65. The van der Waals surface area contributed by atoms with Crippen LogP contribution < -0.4 is 5.32 Å². The molecule has 1 amide bonds. The largest absolute Gasteiger partial charge is 0.377 e. The Labute approximate surface area is 149 Å². The van der Waals surface area contributed by atoms with Gasteiger partial charge in [-0.1, -0.05) is 44.1 Å². The lowest BCUT2D eigenvalue weighted by Crippen LogP contribution is -2.14. The summed E-state index contributed by atoms with van der Waals surface area (Å²) >= 11 is 0. The van der Waals surface area contributed by atoms with Crippen LogP contribution >= 0.6 is 0 Å². The summed E-state index contributed by atoms with van der Waals surface area (Å²) in [6.45, 7) is 9.19. The molecule has 1 N–H and O–H groups in total. The highest BCUT2D eigenvalue weighted by Crippen LogP contribution is 2.19. The zero-order valence-corrected chi connectivity index (χ0v) is 15.5. The first-order chi connectivity index (χ1) is 11.9. The molecular formula is C19H27N3O3. The van der Waals surface area contributed by atoms with Crippen LogP contribution in [0.25, 0.3) is 0 Å². The molecule has 0 aliphatic heterocycles. The number of rotatable bonds is 8. The number of aromatic nitrogens is 2. The summed E-state index contributed by atoms with van der Waals surface area (Å²) in [5.41, 5.74) is 1.64. The van der Waals surface area contributed by atoms with Crippen LogP contribution in [0.4, 0.5) is 5.69 Å². The summed E-state index contributed by atoms with van der Waals surface area (Å²) in [7, 11) is 0. The minimum Gasteiger partial charge on any atom is -0.377 e. The highest BCUT2D eigenvalue weighted by molar-refractivity contribution is 5.91. The van der Waals surface area contributed by atoms with Crippen molar-refractivity contribution >= 4 is 11.6 Å². The van der Waals surface area contributed by atoms with E-state index in [1.165, 1.54) is 0 Å². The first-order valence-electron chi connectivity index (χ1n) is 8.68. The van der Waals surface area contributed by atoms with Crippen LogP contribution in [0.5, 0.6) is 0 Å². The van der Waals surface area contributed by atoms with Gasteiger partial charge in [0.2, 0.25) is 11.8 Å². The minimum atomic E-state index is -0.136. The van der Waals surface area contributed by atoms with Crippen molar-refractivity contribution in [3.8, 4) is 0 Å². The normalized spacial score (nSPS) is 11.5. The van der Waals surface area contributed by atoms with Crippen molar-refractivity contribution in [2.24, 2.45) is 0 Å². The predicted molar refractivity (Wildman–Crippen MR) is 96.3 cm³/mol. The van der Waals surface area contributed by atoms with E-state index in [-0.39, 0.29) is 11.3 Å². The van der Waals surface area contributed by atoms with Gasteiger partial charge in [-0.15, -0.1) is 0 Å². The van der Waals surface area contributed by atoms with Crippen LogP contribution in [0, 0.1) is 0 Å². The molecule has 0 saturated carbocycles. The Morgan fingerprint density at radius 2 is 2.04 bits per heavy atom. The number of benzene rings is 1. The van der Waals surface area contributed by atoms with Crippen molar-refractivity contribution in [2.75, 3.05) is 11.9 Å². The molecular weight excluding hydrogens is 318 g/mol. The van der Waals surface area contributed by atoms with Crippen molar-refractivity contribution in [1.82, 2.24) is 10.1 Å². The van der Waals surface area contributed by atoms with E-state index in [9.17, 15) is 4.79 Å². The molecule has 0 saturated heterocycles. The van der Waals surface area contributed by atoms with Crippen LogP contribution in [0.3, 0.4) is 0 Å². The highest BCUT2D eigenvalue weighted by Gasteiger charge is 2.20. The van der Waals surface area contributed by atoms with Gasteiger partial charge in [-0.3, -0.25) is 4.79 Å². The number of nitrogens with zero attached hydrogens (tertiary/aromatic N) is 2. The minimum absolute atomic E-state index is 0.0282. The monoisotopic (exact) mass is 345 g/mol. The lowest BCUT2D eigenvalue weighted by molar-refractivity contribution is -0.116. The Balaban J connectivity index is 1.82. The van der Waals surface area contributed by atoms with Crippen molar-refractivity contribution < 1.29 is 14.1 Å². The van der Waals surface area contributed by atoms with Gasteiger partial charge in [0.25, 0.3) is 0 Å². The molecule has 0 aliphatic rings. The third kappa shape index (κ3) is 5.98. The second kappa shape index (κ2) is 8.76. The maximum atomic E-state index is 12.2. The summed E-state index contributed by atoms with van der Waals surface area (Å²) in [6, 6.07) is 7.68. The SMILES string of the molecule is CCOCc1ccccc1NC(=O)CCCc1nc(C(C)(C)C)no1. The van der Waals surface area contributed by atoms with Crippen LogP contribution in [0.2, 0.25) is 0 Å². The van der Waals surface area contributed by atoms with Crippen LogP contribution in [-0.2, 0) is 28.0 Å². The molecule has 0 atom stereocenters. The van der Waals surface area contributed by atoms with E-state index < -0.39 is 0 Å². The molecule has 25 heavy (non-hydrogen) atoms.